The number of benzene rings is 2. The SMILES string of the molecule is C=CCCCCOC(=O)[C@H]1[C@H]2C(=O)N([C@@H](CO)Cc3ccccc3)C(C(=O)N(CC=C)c3ccc(Cl)cc3)C23CC(Br)[C@@H]1S3. The Hall–Kier alpha value is -2.59. The molecule has 44 heavy (non-hydrogen) atoms. The first kappa shape index (κ1) is 32.8. The number of hydrogen-bond donors (Lipinski definition) is 1. The zero-order chi connectivity index (χ0) is 31.4. The fourth-order valence-electron chi connectivity index (χ4n) is 7.03. The third-order valence-corrected chi connectivity index (χ3v) is 12.4. The number of nitrogens with zero attached hydrogens (tertiary/aromatic N) is 2. The Balaban J connectivity index is 1.55. The number of hydrogen-bond acceptors (Lipinski definition) is 6. The number of aliphatic hydroxyl groups is 1. The molecule has 3 aliphatic rings. The predicted molar refractivity (Wildman–Crippen MR) is 179 cm³/mol. The molecule has 3 heterocycles. The molecular formula is C34H38BrClN2O5S. The van der Waals surface area contributed by atoms with Crippen molar-refractivity contribution in [3.8, 4) is 0 Å². The summed E-state index contributed by atoms with van der Waals surface area (Å²) in [6, 6.07) is 15.0. The van der Waals surface area contributed by atoms with Crippen molar-refractivity contribution < 1.29 is 24.2 Å². The number of unbranched alkanes of at least 4 members (excludes halogenated alkanes) is 2. The molecule has 1 N–H and O–H groups in total. The average Bonchev–Trinajstić information content (AvgIpc) is 3.62. The van der Waals surface area contributed by atoms with E-state index in [1.807, 2.05) is 36.4 Å². The van der Waals surface area contributed by atoms with Crippen LogP contribution in [0.5, 0.6) is 0 Å². The van der Waals surface area contributed by atoms with Gasteiger partial charge in [-0.1, -0.05) is 70.0 Å². The first-order valence-electron chi connectivity index (χ1n) is 15.0. The van der Waals surface area contributed by atoms with Gasteiger partial charge in [0.15, 0.2) is 0 Å². The quantitative estimate of drug-likeness (QED) is 0.116. The summed E-state index contributed by atoms with van der Waals surface area (Å²) in [5.41, 5.74) is 1.56. The summed E-state index contributed by atoms with van der Waals surface area (Å²) < 4.78 is 4.88. The lowest BCUT2D eigenvalue weighted by molar-refractivity contribution is -0.154. The van der Waals surface area contributed by atoms with Gasteiger partial charge in [-0.25, -0.2) is 0 Å². The number of anilines is 1. The molecule has 2 amide bonds. The van der Waals surface area contributed by atoms with E-state index in [4.69, 9.17) is 16.3 Å². The second-order valence-electron chi connectivity index (χ2n) is 11.6. The number of thioether (sulfide) groups is 1. The van der Waals surface area contributed by atoms with Crippen LogP contribution in [0, 0.1) is 11.8 Å². The molecule has 0 radical (unpaired) electrons. The van der Waals surface area contributed by atoms with Crippen molar-refractivity contribution in [2.45, 2.75) is 59.0 Å². The lowest BCUT2D eigenvalue weighted by Crippen LogP contribution is -2.58. The molecule has 234 valence electrons. The van der Waals surface area contributed by atoms with E-state index in [9.17, 15) is 19.5 Å². The van der Waals surface area contributed by atoms with Crippen molar-refractivity contribution in [2.75, 3.05) is 24.7 Å². The van der Waals surface area contributed by atoms with E-state index in [0.29, 0.717) is 30.0 Å². The number of aliphatic hydroxyl groups excluding tert-OH is 1. The van der Waals surface area contributed by atoms with Gasteiger partial charge in [0.05, 0.1) is 35.8 Å². The van der Waals surface area contributed by atoms with Crippen LogP contribution in [0.4, 0.5) is 5.69 Å². The van der Waals surface area contributed by atoms with E-state index in [0.717, 1.165) is 18.4 Å². The molecule has 2 bridgehead atoms. The van der Waals surface area contributed by atoms with E-state index < -0.39 is 34.6 Å². The maximum absolute atomic E-state index is 14.8. The summed E-state index contributed by atoms with van der Waals surface area (Å²) in [6.45, 7) is 7.77. The topological polar surface area (TPSA) is 87.1 Å². The smallest absolute Gasteiger partial charge is 0.310 e. The van der Waals surface area contributed by atoms with Crippen LogP contribution < -0.4 is 4.90 Å². The minimum Gasteiger partial charge on any atom is -0.465 e. The second-order valence-corrected chi connectivity index (χ2v) is 14.8. The Morgan fingerprint density at radius 2 is 1.89 bits per heavy atom. The number of ether oxygens (including phenoxy) is 1. The van der Waals surface area contributed by atoms with E-state index in [2.05, 4.69) is 29.1 Å². The minimum absolute atomic E-state index is 0.0878. The molecule has 5 rings (SSSR count). The molecule has 1 spiro atoms. The Kier molecular flexibility index (Phi) is 10.6. The van der Waals surface area contributed by atoms with Crippen LogP contribution in [-0.2, 0) is 25.5 Å². The number of alkyl halides is 1. The molecule has 0 aromatic heterocycles. The van der Waals surface area contributed by atoms with Crippen LogP contribution >= 0.6 is 39.3 Å². The van der Waals surface area contributed by atoms with Gasteiger partial charge >= 0.3 is 5.97 Å². The maximum Gasteiger partial charge on any atom is 0.310 e. The van der Waals surface area contributed by atoms with Gasteiger partial charge in [0.25, 0.3) is 5.91 Å². The first-order chi connectivity index (χ1) is 21.3. The third kappa shape index (κ3) is 6.13. The Morgan fingerprint density at radius 1 is 1.16 bits per heavy atom. The molecule has 3 unspecified atom stereocenters. The Bertz CT molecular complexity index is 1380. The molecule has 3 fully saturated rings. The summed E-state index contributed by atoms with van der Waals surface area (Å²) in [5.74, 6) is -2.41. The molecule has 0 aliphatic carbocycles. The number of fused-ring (bicyclic) bond motifs is 1. The third-order valence-electron chi connectivity index (χ3n) is 8.91. The van der Waals surface area contributed by atoms with Crippen molar-refractivity contribution in [3.63, 3.8) is 0 Å². The number of carbonyl (C=O) groups is 3. The largest absolute Gasteiger partial charge is 0.465 e. The summed E-state index contributed by atoms with van der Waals surface area (Å²) in [5, 5.41) is 11.1. The number of rotatable bonds is 14. The number of likely N-dealkylation sites (tertiary alicyclic amines) is 1. The van der Waals surface area contributed by atoms with Crippen molar-refractivity contribution in [1.82, 2.24) is 4.90 Å². The molecule has 2 aromatic carbocycles. The number of halogens is 2. The average molecular weight is 702 g/mol. The van der Waals surface area contributed by atoms with Crippen LogP contribution in [0.1, 0.15) is 31.2 Å². The standard InChI is InChI=1S/C34H38BrClN2O5S/c1-3-5-6-10-18-43-33(42)27-28-31(40)38(25(21-39)19-22-11-8-7-9-12-22)30(34(28)20-26(35)29(27)44-34)32(41)37(17-4-2)24-15-13-23(36)14-16-24/h3-4,7-9,11-16,25-30,39H,1-2,5-6,10,17-21H2/t25-,26?,27+,28+,29+,30?,34?/m1/s1. The van der Waals surface area contributed by atoms with Gasteiger partial charge < -0.3 is 19.6 Å². The van der Waals surface area contributed by atoms with E-state index in [-0.39, 0.29) is 41.6 Å². The summed E-state index contributed by atoms with van der Waals surface area (Å²) in [4.78, 5) is 46.3. The van der Waals surface area contributed by atoms with Crippen LogP contribution in [0.15, 0.2) is 79.9 Å². The minimum atomic E-state index is -0.920. The van der Waals surface area contributed by atoms with Crippen molar-refractivity contribution >= 4 is 62.8 Å². The molecule has 3 aliphatic heterocycles. The zero-order valence-corrected chi connectivity index (χ0v) is 27.7. The Morgan fingerprint density at radius 3 is 2.55 bits per heavy atom. The van der Waals surface area contributed by atoms with Gasteiger partial charge in [0.2, 0.25) is 5.91 Å². The van der Waals surface area contributed by atoms with Gasteiger partial charge in [-0.05, 0) is 61.9 Å². The van der Waals surface area contributed by atoms with Gasteiger partial charge in [-0.2, -0.15) is 0 Å². The summed E-state index contributed by atoms with van der Waals surface area (Å²) in [6.07, 6.45) is 6.78. The van der Waals surface area contributed by atoms with Crippen molar-refractivity contribution in [1.29, 1.82) is 0 Å². The molecule has 0 saturated carbocycles. The number of allylic oxidation sites excluding steroid dienone is 1. The van der Waals surface area contributed by atoms with Gasteiger partial charge in [0.1, 0.15) is 6.04 Å². The molecular weight excluding hydrogens is 664 g/mol. The van der Waals surface area contributed by atoms with Crippen LogP contribution in [-0.4, -0.2) is 74.5 Å². The lowest BCUT2D eigenvalue weighted by Gasteiger charge is -2.40. The molecule has 3 saturated heterocycles. The highest BCUT2D eigenvalue weighted by Crippen LogP contribution is 2.68. The number of carbonyl (C=O) groups excluding carboxylic acids is 3. The number of esters is 1. The van der Waals surface area contributed by atoms with Crippen molar-refractivity contribution in [2.24, 2.45) is 11.8 Å². The summed E-state index contributed by atoms with van der Waals surface area (Å²) in [7, 11) is 0. The lowest BCUT2D eigenvalue weighted by atomic mass is 9.71. The maximum atomic E-state index is 14.8. The number of amides is 2. The highest BCUT2D eigenvalue weighted by atomic mass is 79.9. The normalized spacial score (nSPS) is 27.6. The summed E-state index contributed by atoms with van der Waals surface area (Å²) >= 11 is 11.5. The molecule has 10 heteroatoms. The fourth-order valence-corrected chi connectivity index (χ4v) is 10.7. The van der Waals surface area contributed by atoms with Crippen molar-refractivity contribution in [3.05, 3.63) is 90.5 Å². The van der Waals surface area contributed by atoms with Crippen LogP contribution in [0.25, 0.3) is 0 Å². The monoisotopic (exact) mass is 700 g/mol. The first-order valence-corrected chi connectivity index (χ1v) is 17.2. The second kappa shape index (κ2) is 14.2. The molecule has 7 nitrogen and oxygen atoms in total. The van der Waals surface area contributed by atoms with Gasteiger partial charge in [-0.15, -0.1) is 24.9 Å². The van der Waals surface area contributed by atoms with E-state index in [1.54, 1.807) is 51.9 Å². The van der Waals surface area contributed by atoms with E-state index >= 15 is 0 Å². The van der Waals surface area contributed by atoms with Crippen LogP contribution in [0.2, 0.25) is 5.02 Å². The Labute approximate surface area is 276 Å². The van der Waals surface area contributed by atoms with E-state index in [1.165, 1.54) is 0 Å². The highest BCUT2D eigenvalue weighted by molar-refractivity contribution is 9.09. The van der Waals surface area contributed by atoms with Crippen LogP contribution in [0.3, 0.4) is 0 Å². The predicted octanol–water partition coefficient (Wildman–Crippen LogP) is 5.83. The molecule has 7 atom stereocenters. The van der Waals surface area contributed by atoms with Gasteiger partial charge in [-0.3, -0.25) is 14.4 Å². The zero-order valence-electron chi connectivity index (χ0n) is 24.5. The molecule has 2 aromatic rings. The highest BCUT2D eigenvalue weighted by Gasteiger charge is 2.76. The van der Waals surface area contributed by atoms with Gasteiger partial charge in [0, 0.05) is 27.3 Å². The fraction of sp³-hybridized carbons (Fsp3) is 0.441.